The first kappa shape index (κ1) is 16.3. The molecule has 0 aliphatic heterocycles. The van der Waals surface area contributed by atoms with Crippen LogP contribution in [0.25, 0.3) is 0 Å². The summed E-state index contributed by atoms with van der Waals surface area (Å²) in [6.07, 6.45) is 11.0. The van der Waals surface area contributed by atoms with E-state index in [-0.39, 0.29) is 0 Å². The van der Waals surface area contributed by atoms with Gasteiger partial charge < -0.3 is 5.32 Å². The fourth-order valence-corrected chi connectivity index (χ4v) is 3.58. The van der Waals surface area contributed by atoms with E-state index in [1.54, 1.807) is 0 Å². The van der Waals surface area contributed by atoms with E-state index in [9.17, 15) is 0 Å². The quantitative estimate of drug-likeness (QED) is 0.593. The predicted octanol–water partition coefficient (Wildman–Crippen LogP) is 4.84. The average Bonchev–Trinajstić information content (AvgIpc) is 2.43. The molecule has 0 amide bonds. The molecule has 108 valence electrons. The maximum atomic E-state index is 6.08. The Hall–Kier alpha value is 0.250. The van der Waals surface area contributed by atoms with Crippen LogP contribution in [0, 0.1) is 17.8 Å². The van der Waals surface area contributed by atoms with Gasteiger partial charge in [0.2, 0.25) is 0 Å². The normalized spacial score (nSPS) is 26.2. The topological polar surface area (TPSA) is 12.0 Å². The first-order chi connectivity index (χ1) is 8.81. The Labute approximate surface area is 119 Å². The number of rotatable bonds is 9. The highest BCUT2D eigenvalue weighted by Crippen LogP contribution is 2.30. The number of hydrogen-bond donors (Lipinski definition) is 1. The van der Waals surface area contributed by atoms with Crippen molar-refractivity contribution in [3.8, 4) is 0 Å². The SMILES string of the molecule is CCCCC(CC)CNCC1CCCCC1CCl. The van der Waals surface area contributed by atoms with Crippen LogP contribution < -0.4 is 5.32 Å². The van der Waals surface area contributed by atoms with Gasteiger partial charge >= 0.3 is 0 Å². The standard InChI is InChI=1S/C16H32ClN/c1-3-5-8-14(4-2)12-18-13-16-10-7-6-9-15(16)11-17/h14-16,18H,3-13H2,1-2H3. The van der Waals surface area contributed by atoms with E-state index >= 15 is 0 Å². The van der Waals surface area contributed by atoms with Crippen LogP contribution in [0.4, 0.5) is 0 Å². The predicted molar refractivity (Wildman–Crippen MR) is 82.3 cm³/mol. The van der Waals surface area contributed by atoms with Crippen molar-refractivity contribution in [2.75, 3.05) is 19.0 Å². The van der Waals surface area contributed by atoms with Crippen LogP contribution in [0.2, 0.25) is 0 Å². The molecule has 3 atom stereocenters. The third-order valence-corrected chi connectivity index (χ3v) is 5.04. The Morgan fingerprint density at radius 3 is 2.50 bits per heavy atom. The number of unbranched alkanes of at least 4 members (excludes halogenated alkanes) is 1. The van der Waals surface area contributed by atoms with Gasteiger partial charge in [-0.25, -0.2) is 0 Å². The van der Waals surface area contributed by atoms with Crippen molar-refractivity contribution in [2.45, 2.75) is 65.2 Å². The zero-order valence-electron chi connectivity index (χ0n) is 12.4. The molecule has 0 saturated heterocycles. The van der Waals surface area contributed by atoms with Crippen LogP contribution >= 0.6 is 11.6 Å². The molecular formula is C16H32ClN. The summed E-state index contributed by atoms with van der Waals surface area (Å²) < 4.78 is 0. The molecule has 2 heteroatoms. The van der Waals surface area contributed by atoms with Gasteiger partial charge in [0.1, 0.15) is 0 Å². The fraction of sp³-hybridized carbons (Fsp3) is 1.00. The second-order valence-corrected chi connectivity index (χ2v) is 6.34. The van der Waals surface area contributed by atoms with Crippen LogP contribution in [0.3, 0.4) is 0 Å². The highest BCUT2D eigenvalue weighted by Gasteiger charge is 2.23. The van der Waals surface area contributed by atoms with Crippen LogP contribution in [-0.4, -0.2) is 19.0 Å². The number of nitrogens with one attached hydrogen (secondary N) is 1. The average molecular weight is 274 g/mol. The first-order valence-corrected chi connectivity index (χ1v) is 8.61. The summed E-state index contributed by atoms with van der Waals surface area (Å²) in [5, 5.41) is 3.72. The Morgan fingerprint density at radius 1 is 1.17 bits per heavy atom. The van der Waals surface area contributed by atoms with E-state index < -0.39 is 0 Å². The molecule has 0 heterocycles. The molecule has 1 nitrogen and oxygen atoms in total. The molecule has 0 aromatic rings. The summed E-state index contributed by atoms with van der Waals surface area (Å²) in [4.78, 5) is 0. The minimum atomic E-state index is 0.767. The van der Waals surface area contributed by atoms with Gasteiger partial charge in [-0.3, -0.25) is 0 Å². The molecule has 0 aromatic carbocycles. The Bertz CT molecular complexity index is 196. The summed E-state index contributed by atoms with van der Waals surface area (Å²) in [6, 6.07) is 0. The zero-order valence-corrected chi connectivity index (χ0v) is 13.1. The van der Waals surface area contributed by atoms with Crippen molar-refractivity contribution in [1.29, 1.82) is 0 Å². The maximum Gasteiger partial charge on any atom is 0.0254 e. The van der Waals surface area contributed by atoms with Gasteiger partial charge in [-0.15, -0.1) is 11.6 Å². The van der Waals surface area contributed by atoms with E-state index in [0.717, 1.165) is 23.6 Å². The van der Waals surface area contributed by atoms with E-state index in [1.165, 1.54) is 64.5 Å². The van der Waals surface area contributed by atoms with Crippen molar-refractivity contribution >= 4 is 11.6 Å². The van der Waals surface area contributed by atoms with Crippen LogP contribution in [0.15, 0.2) is 0 Å². The summed E-state index contributed by atoms with van der Waals surface area (Å²) in [7, 11) is 0. The summed E-state index contributed by atoms with van der Waals surface area (Å²) in [6.45, 7) is 7.01. The van der Waals surface area contributed by atoms with Crippen LogP contribution in [0.1, 0.15) is 65.2 Å². The maximum absolute atomic E-state index is 6.08. The van der Waals surface area contributed by atoms with Crippen molar-refractivity contribution < 1.29 is 0 Å². The Morgan fingerprint density at radius 2 is 1.89 bits per heavy atom. The number of alkyl halides is 1. The molecular weight excluding hydrogens is 242 g/mol. The first-order valence-electron chi connectivity index (χ1n) is 8.08. The summed E-state index contributed by atoms with van der Waals surface area (Å²) in [5.74, 6) is 3.34. The molecule has 1 N–H and O–H groups in total. The molecule has 1 aliphatic rings. The molecule has 1 saturated carbocycles. The second-order valence-electron chi connectivity index (χ2n) is 6.03. The van der Waals surface area contributed by atoms with Gasteiger partial charge in [-0.05, 0) is 50.1 Å². The number of hydrogen-bond acceptors (Lipinski definition) is 1. The lowest BCUT2D eigenvalue weighted by Gasteiger charge is -2.30. The van der Waals surface area contributed by atoms with Crippen LogP contribution in [0.5, 0.6) is 0 Å². The number of halogens is 1. The van der Waals surface area contributed by atoms with Crippen molar-refractivity contribution in [1.82, 2.24) is 5.32 Å². The highest BCUT2D eigenvalue weighted by molar-refractivity contribution is 6.18. The van der Waals surface area contributed by atoms with Crippen molar-refractivity contribution in [2.24, 2.45) is 17.8 Å². The molecule has 1 fully saturated rings. The van der Waals surface area contributed by atoms with E-state index in [4.69, 9.17) is 11.6 Å². The molecule has 3 unspecified atom stereocenters. The van der Waals surface area contributed by atoms with Crippen molar-refractivity contribution in [3.63, 3.8) is 0 Å². The van der Waals surface area contributed by atoms with Gasteiger partial charge in [0, 0.05) is 5.88 Å². The third kappa shape index (κ3) is 5.93. The fourth-order valence-electron chi connectivity index (χ4n) is 3.17. The minimum absolute atomic E-state index is 0.767. The van der Waals surface area contributed by atoms with Gasteiger partial charge in [-0.1, -0.05) is 46.0 Å². The molecule has 0 spiro atoms. The molecule has 1 rings (SSSR count). The lowest BCUT2D eigenvalue weighted by molar-refractivity contribution is 0.245. The largest absolute Gasteiger partial charge is 0.316 e. The van der Waals surface area contributed by atoms with Gasteiger partial charge in [-0.2, -0.15) is 0 Å². The minimum Gasteiger partial charge on any atom is -0.316 e. The van der Waals surface area contributed by atoms with Gasteiger partial charge in [0.15, 0.2) is 0 Å². The highest BCUT2D eigenvalue weighted by atomic mass is 35.5. The lowest BCUT2D eigenvalue weighted by atomic mass is 9.80. The Kier molecular flexibility index (Phi) is 9.14. The second kappa shape index (κ2) is 10.1. The summed E-state index contributed by atoms with van der Waals surface area (Å²) >= 11 is 6.08. The molecule has 18 heavy (non-hydrogen) atoms. The smallest absolute Gasteiger partial charge is 0.0254 e. The molecule has 1 aliphatic carbocycles. The van der Waals surface area contributed by atoms with Crippen LogP contribution in [-0.2, 0) is 0 Å². The van der Waals surface area contributed by atoms with Gasteiger partial charge in [0.05, 0.1) is 0 Å². The molecule has 0 bridgehead atoms. The lowest BCUT2D eigenvalue weighted by Crippen LogP contribution is -2.34. The van der Waals surface area contributed by atoms with Crippen molar-refractivity contribution in [3.05, 3.63) is 0 Å². The molecule has 0 radical (unpaired) electrons. The monoisotopic (exact) mass is 273 g/mol. The third-order valence-electron chi connectivity index (χ3n) is 4.65. The van der Waals surface area contributed by atoms with E-state index in [2.05, 4.69) is 19.2 Å². The zero-order chi connectivity index (χ0) is 13.2. The molecule has 0 aromatic heterocycles. The van der Waals surface area contributed by atoms with E-state index in [0.29, 0.717) is 0 Å². The Balaban J connectivity index is 2.18. The van der Waals surface area contributed by atoms with Gasteiger partial charge in [0.25, 0.3) is 0 Å². The summed E-state index contributed by atoms with van der Waals surface area (Å²) in [5.41, 5.74) is 0. The van der Waals surface area contributed by atoms with E-state index in [1.807, 2.05) is 0 Å².